The van der Waals surface area contributed by atoms with Crippen molar-refractivity contribution < 1.29 is 13.9 Å². The first-order chi connectivity index (χ1) is 15.5. The number of nitrogens with zero attached hydrogens (tertiary/aromatic N) is 3. The molecule has 8 heteroatoms. The Morgan fingerprint density at radius 2 is 2.22 bits per heavy atom. The van der Waals surface area contributed by atoms with E-state index in [2.05, 4.69) is 27.4 Å². The van der Waals surface area contributed by atoms with Crippen LogP contribution < -0.4 is 10.1 Å². The number of pyridine rings is 1. The number of fused-ring (bicyclic) bond motifs is 2. The van der Waals surface area contributed by atoms with Crippen LogP contribution in [0.4, 0.5) is 9.18 Å². The van der Waals surface area contributed by atoms with E-state index < -0.39 is 5.82 Å². The summed E-state index contributed by atoms with van der Waals surface area (Å²) in [6, 6.07) is 8.39. The van der Waals surface area contributed by atoms with Crippen molar-refractivity contribution in [3.05, 3.63) is 53.6 Å². The lowest BCUT2D eigenvalue weighted by Crippen LogP contribution is -2.36. The molecule has 0 spiro atoms. The van der Waals surface area contributed by atoms with Crippen LogP contribution in [-0.2, 0) is 0 Å². The molecular weight excluding hydrogens is 409 g/mol. The number of amides is 2. The van der Waals surface area contributed by atoms with Crippen LogP contribution in [0.15, 0.2) is 36.5 Å². The highest BCUT2D eigenvalue weighted by Crippen LogP contribution is 2.43. The van der Waals surface area contributed by atoms with Gasteiger partial charge in [-0.25, -0.2) is 14.2 Å². The van der Waals surface area contributed by atoms with E-state index in [1.165, 1.54) is 31.0 Å². The molecule has 162 valence electrons. The van der Waals surface area contributed by atoms with Gasteiger partial charge in [0.15, 0.2) is 0 Å². The monoisotopic (exact) mass is 431 g/mol. The summed E-state index contributed by atoms with van der Waals surface area (Å²) >= 11 is 0. The number of aromatic amines is 1. The fourth-order valence-electron chi connectivity index (χ4n) is 4.93. The van der Waals surface area contributed by atoms with Gasteiger partial charge in [0, 0.05) is 48.5 Å². The zero-order valence-corrected chi connectivity index (χ0v) is 17.8. The van der Waals surface area contributed by atoms with Crippen molar-refractivity contribution in [2.45, 2.75) is 6.42 Å². The Bertz CT molecular complexity index is 1310. The Balaban J connectivity index is 1.57. The number of urea groups is 1. The van der Waals surface area contributed by atoms with Gasteiger partial charge >= 0.3 is 6.03 Å². The molecule has 2 unspecified atom stereocenters. The second-order valence-corrected chi connectivity index (χ2v) is 8.23. The minimum Gasteiger partial charge on any atom is -0.496 e. The van der Waals surface area contributed by atoms with Gasteiger partial charge < -0.3 is 19.9 Å². The van der Waals surface area contributed by atoms with Crippen LogP contribution >= 0.6 is 0 Å². The van der Waals surface area contributed by atoms with Crippen molar-refractivity contribution in [3.8, 4) is 22.9 Å². The number of ether oxygens (including phenoxy) is 1. The van der Waals surface area contributed by atoms with Crippen LogP contribution in [0.3, 0.4) is 0 Å². The average molecular weight is 431 g/mol. The molecule has 1 aliphatic heterocycles. The first-order valence-corrected chi connectivity index (χ1v) is 10.5. The number of benzene rings is 1. The Hall–Kier alpha value is -3.86. The van der Waals surface area contributed by atoms with Gasteiger partial charge in [-0.1, -0.05) is 6.08 Å². The highest BCUT2D eigenvalue weighted by molar-refractivity contribution is 5.99. The number of likely N-dealkylation sites (tertiary alicyclic amines) is 1. The van der Waals surface area contributed by atoms with Crippen molar-refractivity contribution in [2.75, 3.05) is 27.2 Å². The summed E-state index contributed by atoms with van der Waals surface area (Å²) in [5, 5.41) is 13.1. The van der Waals surface area contributed by atoms with Gasteiger partial charge in [-0.05, 0) is 48.1 Å². The second-order valence-electron chi connectivity index (χ2n) is 8.23. The minimum atomic E-state index is -0.405. The Morgan fingerprint density at radius 3 is 2.94 bits per heavy atom. The predicted octanol–water partition coefficient (Wildman–Crippen LogP) is 3.92. The number of hydrogen-bond donors (Lipinski definition) is 2. The van der Waals surface area contributed by atoms with Gasteiger partial charge in [-0.3, -0.25) is 0 Å². The van der Waals surface area contributed by atoms with Crippen molar-refractivity contribution in [1.29, 1.82) is 5.26 Å². The zero-order valence-electron chi connectivity index (χ0n) is 17.8. The second kappa shape index (κ2) is 7.68. The van der Waals surface area contributed by atoms with Crippen LogP contribution in [-0.4, -0.2) is 48.1 Å². The molecule has 7 nitrogen and oxygen atoms in total. The highest BCUT2D eigenvalue weighted by atomic mass is 19.1. The summed E-state index contributed by atoms with van der Waals surface area (Å²) in [4.78, 5) is 21.6. The maximum absolute atomic E-state index is 14.1. The van der Waals surface area contributed by atoms with E-state index in [-0.39, 0.29) is 6.03 Å². The van der Waals surface area contributed by atoms with E-state index in [1.54, 1.807) is 13.1 Å². The molecule has 3 aromatic rings. The number of H-pyrrole nitrogens is 1. The lowest BCUT2D eigenvalue weighted by Gasteiger charge is -2.16. The van der Waals surface area contributed by atoms with E-state index >= 15 is 0 Å². The molecule has 1 fully saturated rings. The van der Waals surface area contributed by atoms with Crippen molar-refractivity contribution in [3.63, 3.8) is 0 Å². The third kappa shape index (κ3) is 3.17. The zero-order chi connectivity index (χ0) is 22.4. The number of methoxy groups -OCH3 is 1. The predicted molar refractivity (Wildman–Crippen MR) is 118 cm³/mol. The highest BCUT2D eigenvalue weighted by Gasteiger charge is 2.38. The number of hydrogen-bond acceptors (Lipinski definition) is 4. The summed E-state index contributed by atoms with van der Waals surface area (Å²) in [7, 11) is 3.17. The smallest absolute Gasteiger partial charge is 0.317 e. The Labute approximate surface area is 184 Å². The van der Waals surface area contributed by atoms with Crippen LogP contribution in [0, 0.1) is 29.0 Å². The van der Waals surface area contributed by atoms with Crippen LogP contribution in [0.2, 0.25) is 0 Å². The normalized spacial score (nSPS) is 19.6. The molecule has 1 aliphatic carbocycles. The van der Waals surface area contributed by atoms with Crippen LogP contribution in [0.1, 0.15) is 17.7 Å². The van der Waals surface area contributed by atoms with Gasteiger partial charge in [-0.15, -0.1) is 0 Å². The van der Waals surface area contributed by atoms with E-state index in [4.69, 9.17) is 4.74 Å². The fraction of sp³-hybridized carbons (Fsp3) is 0.292. The number of carbonyl (C=O) groups is 1. The SMILES string of the molecule is CNC(=O)N1CC2C=C(c3cc4c(-c5cc(F)ccc5OC)c(C#N)cnc4[nH]3)CC2C1. The molecule has 2 amide bonds. The average Bonchev–Trinajstić information content (AvgIpc) is 3.50. The molecule has 1 saturated heterocycles. The van der Waals surface area contributed by atoms with Gasteiger partial charge in [0.2, 0.25) is 0 Å². The summed E-state index contributed by atoms with van der Waals surface area (Å²) in [5.41, 5.74) is 4.20. The molecule has 5 rings (SSSR count). The number of nitriles is 1. The number of allylic oxidation sites excluding steroid dienone is 1. The number of rotatable bonds is 3. The summed E-state index contributed by atoms with van der Waals surface area (Å²) in [6.45, 7) is 1.43. The van der Waals surface area contributed by atoms with Crippen molar-refractivity contribution in [2.24, 2.45) is 11.8 Å². The van der Waals surface area contributed by atoms with Crippen LogP contribution in [0.25, 0.3) is 27.7 Å². The maximum Gasteiger partial charge on any atom is 0.317 e. The minimum absolute atomic E-state index is 0.0399. The Kier molecular flexibility index (Phi) is 4.82. The molecule has 0 bridgehead atoms. The molecule has 1 aromatic carbocycles. The van der Waals surface area contributed by atoms with E-state index in [9.17, 15) is 14.4 Å². The number of halogens is 1. The molecule has 0 saturated carbocycles. The fourth-order valence-corrected chi connectivity index (χ4v) is 4.93. The lowest BCUT2D eigenvalue weighted by molar-refractivity contribution is 0.209. The first-order valence-electron chi connectivity index (χ1n) is 10.5. The van der Waals surface area contributed by atoms with E-state index in [0.717, 1.165) is 24.0 Å². The number of aromatic nitrogens is 2. The summed E-state index contributed by atoms with van der Waals surface area (Å²) in [5.74, 6) is 0.790. The molecule has 2 atom stereocenters. The standard InChI is InChI=1S/C24H22FN5O2/c1-27-24(31)30-11-14-5-13(6-15(14)12-30)20-8-19-22(16(9-26)10-28-23(19)29-20)18-7-17(25)3-4-21(18)32-2/h3-5,7-8,10,14-15H,6,11-12H2,1-2H3,(H,27,31)(H,28,29). The maximum atomic E-state index is 14.1. The van der Waals surface area contributed by atoms with Crippen LogP contribution in [0.5, 0.6) is 5.75 Å². The largest absolute Gasteiger partial charge is 0.496 e. The van der Waals surface area contributed by atoms with Gasteiger partial charge in [0.05, 0.1) is 12.7 Å². The van der Waals surface area contributed by atoms with Gasteiger partial charge in [0.25, 0.3) is 0 Å². The number of carbonyl (C=O) groups excluding carboxylic acids is 1. The molecule has 0 radical (unpaired) electrons. The molecule has 2 aliphatic rings. The van der Waals surface area contributed by atoms with E-state index in [1.807, 2.05) is 11.0 Å². The third-order valence-electron chi connectivity index (χ3n) is 6.45. The van der Waals surface area contributed by atoms with Crippen molar-refractivity contribution in [1.82, 2.24) is 20.2 Å². The summed E-state index contributed by atoms with van der Waals surface area (Å²) in [6.07, 6.45) is 4.59. The van der Waals surface area contributed by atoms with Crippen molar-refractivity contribution >= 4 is 22.6 Å². The van der Waals surface area contributed by atoms with E-state index in [0.29, 0.717) is 46.5 Å². The molecule has 3 heterocycles. The first kappa shape index (κ1) is 20.1. The lowest BCUT2D eigenvalue weighted by atomic mass is 9.97. The summed E-state index contributed by atoms with van der Waals surface area (Å²) < 4.78 is 19.5. The topological polar surface area (TPSA) is 94.0 Å². The molecule has 32 heavy (non-hydrogen) atoms. The van der Waals surface area contributed by atoms with Gasteiger partial charge in [-0.2, -0.15) is 5.26 Å². The Morgan fingerprint density at radius 1 is 1.38 bits per heavy atom. The molecule has 2 N–H and O–H groups in total. The third-order valence-corrected chi connectivity index (χ3v) is 6.45. The molecular formula is C24H22FN5O2. The van der Waals surface area contributed by atoms with Gasteiger partial charge in [0.1, 0.15) is 23.3 Å². The quantitative estimate of drug-likeness (QED) is 0.657. The molecule has 2 aromatic heterocycles. The number of nitrogens with one attached hydrogen (secondary N) is 2.